The first-order valence-electron chi connectivity index (χ1n) is 6.36. The topological polar surface area (TPSA) is 66.4 Å². The lowest BCUT2D eigenvalue weighted by molar-refractivity contribution is -0.142. The molecule has 2 N–H and O–H groups in total. The van der Waals surface area contributed by atoms with Crippen molar-refractivity contribution in [3.8, 4) is 0 Å². The van der Waals surface area contributed by atoms with Crippen LogP contribution in [0.3, 0.4) is 0 Å². The van der Waals surface area contributed by atoms with Crippen LogP contribution in [0, 0.1) is 0 Å². The monoisotopic (exact) mass is 303 g/mol. The van der Waals surface area contributed by atoms with Gasteiger partial charge in [-0.05, 0) is 11.1 Å². The Kier molecular flexibility index (Phi) is 4.95. The van der Waals surface area contributed by atoms with Gasteiger partial charge in [-0.3, -0.25) is 4.79 Å². The molecule has 0 spiro atoms. The van der Waals surface area contributed by atoms with Crippen LogP contribution in [-0.4, -0.2) is 17.0 Å². The van der Waals surface area contributed by atoms with E-state index in [-0.39, 0.29) is 0 Å². The first-order chi connectivity index (χ1) is 10.1. The van der Waals surface area contributed by atoms with Crippen molar-refractivity contribution in [1.82, 2.24) is 5.32 Å². The van der Waals surface area contributed by atoms with E-state index in [0.717, 1.165) is 0 Å². The molecule has 108 valence electrons. The zero-order valence-electron chi connectivity index (χ0n) is 11.1. The first kappa shape index (κ1) is 15.1. The van der Waals surface area contributed by atoms with E-state index < -0.39 is 23.3 Å². The molecule has 0 aliphatic heterocycles. The average Bonchev–Trinajstić information content (AvgIpc) is 2.53. The van der Waals surface area contributed by atoms with Gasteiger partial charge in [-0.15, -0.1) is 11.6 Å². The highest BCUT2D eigenvalue weighted by molar-refractivity contribution is 6.30. The number of carbonyl (C=O) groups is 2. The highest BCUT2D eigenvalue weighted by Crippen LogP contribution is 2.22. The maximum Gasteiger partial charge on any atom is 0.330 e. The van der Waals surface area contributed by atoms with E-state index in [1.165, 1.54) is 0 Å². The van der Waals surface area contributed by atoms with Crippen molar-refractivity contribution >= 4 is 23.5 Å². The minimum atomic E-state index is -1.13. The molecule has 0 aliphatic carbocycles. The molecular weight excluding hydrogens is 290 g/mol. The molecule has 2 aromatic carbocycles. The summed E-state index contributed by atoms with van der Waals surface area (Å²) in [7, 11) is 0. The largest absolute Gasteiger partial charge is 0.479 e. The normalized spacial score (nSPS) is 13.2. The number of halogens is 1. The van der Waals surface area contributed by atoms with Crippen LogP contribution in [0.4, 0.5) is 0 Å². The van der Waals surface area contributed by atoms with Gasteiger partial charge in [0, 0.05) is 0 Å². The smallest absolute Gasteiger partial charge is 0.330 e. The number of hydrogen-bond acceptors (Lipinski definition) is 2. The molecule has 2 atom stereocenters. The first-order valence-corrected chi connectivity index (χ1v) is 6.80. The summed E-state index contributed by atoms with van der Waals surface area (Å²) >= 11 is 6.09. The van der Waals surface area contributed by atoms with Crippen LogP contribution in [0.2, 0.25) is 0 Å². The maximum absolute atomic E-state index is 12.1. The number of carboxylic acid groups (broad SMARTS) is 1. The fourth-order valence-corrected chi connectivity index (χ4v) is 2.13. The van der Waals surface area contributed by atoms with Crippen LogP contribution in [0.1, 0.15) is 22.5 Å². The average molecular weight is 304 g/mol. The van der Waals surface area contributed by atoms with E-state index in [2.05, 4.69) is 5.32 Å². The minimum absolute atomic E-state index is 0.496. The Morgan fingerprint density at radius 3 is 1.86 bits per heavy atom. The van der Waals surface area contributed by atoms with Crippen LogP contribution < -0.4 is 5.32 Å². The van der Waals surface area contributed by atoms with Gasteiger partial charge < -0.3 is 10.4 Å². The summed E-state index contributed by atoms with van der Waals surface area (Å²) in [4.78, 5) is 23.5. The van der Waals surface area contributed by atoms with Crippen molar-refractivity contribution in [2.45, 2.75) is 11.4 Å². The Hall–Kier alpha value is -2.33. The quantitative estimate of drug-likeness (QED) is 0.835. The van der Waals surface area contributed by atoms with Gasteiger partial charge in [-0.1, -0.05) is 60.7 Å². The molecule has 0 heterocycles. The van der Waals surface area contributed by atoms with E-state index in [4.69, 9.17) is 11.6 Å². The Morgan fingerprint density at radius 1 is 0.905 bits per heavy atom. The van der Waals surface area contributed by atoms with Crippen LogP contribution in [0.25, 0.3) is 0 Å². The Bertz CT molecular complexity index is 616. The van der Waals surface area contributed by atoms with Crippen molar-refractivity contribution in [3.05, 3.63) is 71.8 Å². The summed E-state index contributed by atoms with van der Waals surface area (Å²) < 4.78 is 0. The molecule has 21 heavy (non-hydrogen) atoms. The SMILES string of the molecule is O=C(N[C@H](C(=O)O)c1ccccc1)[C@@H](Cl)c1ccccc1. The summed E-state index contributed by atoms with van der Waals surface area (Å²) in [6, 6.07) is 16.2. The van der Waals surface area contributed by atoms with Gasteiger partial charge >= 0.3 is 5.97 Å². The lowest BCUT2D eigenvalue weighted by Gasteiger charge is -2.17. The molecule has 0 aliphatic rings. The molecule has 0 unspecified atom stereocenters. The number of aliphatic carboxylic acids is 1. The molecule has 0 radical (unpaired) electrons. The van der Waals surface area contributed by atoms with Gasteiger partial charge in [0.1, 0.15) is 5.38 Å². The lowest BCUT2D eigenvalue weighted by Crippen LogP contribution is -2.35. The highest BCUT2D eigenvalue weighted by atomic mass is 35.5. The van der Waals surface area contributed by atoms with Gasteiger partial charge in [0.2, 0.25) is 5.91 Å². The van der Waals surface area contributed by atoms with Crippen LogP contribution in [0.15, 0.2) is 60.7 Å². The number of benzene rings is 2. The predicted octanol–water partition coefficient (Wildman–Crippen LogP) is 2.91. The van der Waals surface area contributed by atoms with E-state index in [1.54, 1.807) is 54.6 Å². The minimum Gasteiger partial charge on any atom is -0.479 e. The van der Waals surface area contributed by atoms with E-state index in [0.29, 0.717) is 11.1 Å². The van der Waals surface area contributed by atoms with Gasteiger partial charge in [-0.25, -0.2) is 4.79 Å². The molecule has 1 amide bonds. The molecule has 0 fully saturated rings. The zero-order valence-corrected chi connectivity index (χ0v) is 11.8. The molecular formula is C16H14ClNO3. The Labute approximate surface area is 127 Å². The summed E-state index contributed by atoms with van der Waals surface area (Å²) in [5, 5.41) is 10.8. The van der Waals surface area contributed by atoms with Crippen molar-refractivity contribution in [1.29, 1.82) is 0 Å². The summed E-state index contributed by atoms with van der Waals surface area (Å²) in [5.74, 6) is -1.68. The summed E-state index contributed by atoms with van der Waals surface area (Å²) in [6.07, 6.45) is 0. The second-order valence-corrected chi connectivity index (χ2v) is 4.90. The zero-order chi connectivity index (χ0) is 15.2. The Balaban J connectivity index is 2.14. The summed E-state index contributed by atoms with van der Waals surface area (Å²) in [6.45, 7) is 0. The standard InChI is InChI=1S/C16H14ClNO3/c17-13(11-7-3-1-4-8-11)15(19)18-14(16(20)21)12-9-5-2-6-10-12/h1-10,13-14H,(H,18,19)(H,20,21)/t13-,14-/m0/s1. The Morgan fingerprint density at radius 2 is 1.38 bits per heavy atom. The van der Waals surface area contributed by atoms with Crippen molar-refractivity contribution in [2.75, 3.05) is 0 Å². The third-order valence-corrected chi connectivity index (χ3v) is 3.44. The van der Waals surface area contributed by atoms with E-state index in [1.807, 2.05) is 6.07 Å². The highest BCUT2D eigenvalue weighted by Gasteiger charge is 2.26. The van der Waals surface area contributed by atoms with Crippen molar-refractivity contribution < 1.29 is 14.7 Å². The van der Waals surface area contributed by atoms with E-state index >= 15 is 0 Å². The molecule has 0 saturated carbocycles. The van der Waals surface area contributed by atoms with Crippen LogP contribution >= 0.6 is 11.6 Å². The lowest BCUT2D eigenvalue weighted by atomic mass is 10.1. The number of carboxylic acids is 1. The molecule has 2 aromatic rings. The summed E-state index contributed by atoms with van der Waals surface area (Å²) in [5.41, 5.74) is 1.11. The third-order valence-electron chi connectivity index (χ3n) is 2.99. The van der Waals surface area contributed by atoms with Crippen molar-refractivity contribution in [2.24, 2.45) is 0 Å². The molecule has 4 nitrogen and oxygen atoms in total. The second kappa shape index (κ2) is 6.90. The number of nitrogens with one attached hydrogen (secondary N) is 1. The fourth-order valence-electron chi connectivity index (χ4n) is 1.92. The predicted molar refractivity (Wildman–Crippen MR) is 80.0 cm³/mol. The van der Waals surface area contributed by atoms with Crippen LogP contribution in [-0.2, 0) is 9.59 Å². The van der Waals surface area contributed by atoms with Crippen LogP contribution in [0.5, 0.6) is 0 Å². The number of amides is 1. The van der Waals surface area contributed by atoms with E-state index in [9.17, 15) is 14.7 Å². The maximum atomic E-state index is 12.1. The van der Waals surface area contributed by atoms with Gasteiger partial charge in [0.15, 0.2) is 6.04 Å². The number of hydrogen-bond donors (Lipinski definition) is 2. The number of carbonyl (C=O) groups excluding carboxylic acids is 1. The van der Waals surface area contributed by atoms with Gasteiger partial charge in [0.05, 0.1) is 0 Å². The van der Waals surface area contributed by atoms with Crippen molar-refractivity contribution in [3.63, 3.8) is 0 Å². The second-order valence-electron chi connectivity index (χ2n) is 4.46. The fraction of sp³-hybridized carbons (Fsp3) is 0.125. The molecule has 0 saturated heterocycles. The number of rotatable bonds is 5. The molecule has 2 rings (SSSR count). The number of alkyl halides is 1. The van der Waals surface area contributed by atoms with Gasteiger partial charge in [-0.2, -0.15) is 0 Å². The molecule has 5 heteroatoms. The molecule has 0 aromatic heterocycles. The van der Waals surface area contributed by atoms with Gasteiger partial charge in [0.25, 0.3) is 0 Å². The third kappa shape index (κ3) is 3.83. The molecule has 0 bridgehead atoms.